The highest BCUT2D eigenvalue weighted by Gasteiger charge is 2.33. The lowest BCUT2D eigenvalue weighted by atomic mass is 10.0. The van der Waals surface area contributed by atoms with Crippen LogP contribution in [-0.4, -0.2) is 48.9 Å². The molecule has 1 unspecified atom stereocenters. The normalized spacial score (nSPS) is 15.8. The molecule has 4 rings (SSSR count). The van der Waals surface area contributed by atoms with Gasteiger partial charge in [0.25, 0.3) is 5.91 Å². The molecule has 30 heavy (non-hydrogen) atoms. The average Bonchev–Trinajstić information content (AvgIpc) is 3.48. The van der Waals surface area contributed by atoms with Gasteiger partial charge in [-0.05, 0) is 43.2 Å². The van der Waals surface area contributed by atoms with Gasteiger partial charge < -0.3 is 19.1 Å². The molecule has 156 valence electrons. The zero-order chi connectivity index (χ0) is 21.1. The van der Waals surface area contributed by atoms with Crippen LogP contribution in [0.5, 0.6) is 17.2 Å². The van der Waals surface area contributed by atoms with Crippen LogP contribution in [0.25, 0.3) is 11.3 Å². The lowest BCUT2D eigenvalue weighted by molar-refractivity contribution is 0.0728. The molecular formula is C23H25N3O4. The van der Waals surface area contributed by atoms with Crippen molar-refractivity contribution in [3.8, 4) is 28.5 Å². The monoisotopic (exact) mass is 407 g/mol. The molecule has 0 saturated carbocycles. The molecule has 1 aliphatic heterocycles. The van der Waals surface area contributed by atoms with Gasteiger partial charge in [-0.25, -0.2) is 0 Å². The molecule has 1 fully saturated rings. The zero-order valence-electron chi connectivity index (χ0n) is 17.3. The summed E-state index contributed by atoms with van der Waals surface area (Å²) in [6.07, 6.45) is 1.81. The van der Waals surface area contributed by atoms with E-state index in [-0.39, 0.29) is 11.9 Å². The fourth-order valence-electron chi connectivity index (χ4n) is 3.94. The van der Waals surface area contributed by atoms with Crippen molar-refractivity contribution in [1.29, 1.82) is 0 Å². The number of carbonyl (C=O) groups excluding carboxylic acids is 1. The van der Waals surface area contributed by atoms with Gasteiger partial charge in [0.1, 0.15) is 22.9 Å². The minimum atomic E-state index is -0.0722. The first-order valence-electron chi connectivity index (χ1n) is 9.87. The number of aromatic amines is 1. The standard InChI is InChI=1S/C23H25N3O4/c1-28-16-7-4-6-15(12-16)19-14-20(25-24-19)23(27)26-11-5-8-21(26)18-10-9-17(29-2)13-22(18)30-3/h4,6-7,9-10,12-14,21H,5,8,11H2,1-3H3,(H,24,25). The van der Waals surface area contributed by atoms with Crippen LogP contribution in [0.3, 0.4) is 0 Å². The predicted molar refractivity (Wildman–Crippen MR) is 113 cm³/mol. The molecule has 0 bridgehead atoms. The quantitative estimate of drug-likeness (QED) is 0.666. The molecule has 3 aromatic rings. The Morgan fingerprint density at radius 3 is 2.60 bits per heavy atom. The van der Waals surface area contributed by atoms with E-state index < -0.39 is 0 Å². The number of nitrogens with one attached hydrogen (secondary N) is 1. The summed E-state index contributed by atoms with van der Waals surface area (Å²) in [4.78, 5) is 15.2. The number of methoxy groups -OCH3 is 3. The Hall–Kier alpha value is -3.48. The lowest BCUT2D eigenvalue weighted by Gasteiger charge is -2.26. The number of hydrogen-bond acceptors (Lipinski definition) is 5. The number of carbonyl (C=O) groups is 1. The average molecular weight is 407 g/mol. The first-order valence-corrected chi connectivity index (χ1v) is 9.87. The van der Waals surface area contributed by atoms with E-state index in [9.17, 15) is 4.79 Å². The highest BCUT2D eigenvalue weighted by atomic mass is 16.5. The molecule has 1 atom stereocenters. The summed E-state index contributed by atoms with van der Waals surface area (Å²) in [5, 5.41) is 7.24. The van der Waals surface area contributed by atoms with E-state index in [1.165, 1.54) is 0 Å². The second kappa shape index (κ2) is 8.49. The largest absolute Gasteiger partial charge is 0.497 e. The third kappa shape index (κ3) is 3.70. The number of rotatable bonds is 6. The Morgan fingerprint density at radius 2 is 1.83 bits per heavy atom. The Balaban J connectivity index is 1.60. The van der Waals surface area contributed by atoms with Crippen LogP contribution in [0.15, 0.2) is 48.5 Å². The molecule has 1 N–H and O–H groups in total. The molecule has 0 radical (unpaired) electrons. The molecule has 7 nitrogen and oxygen atoms in total. The maximum atomic E-state index is 13.3. The number of hydrogen-bond donors (Lipinski definition) is 1. The van der Waals surface area contributed by atoms with E-state index in [1.807, 2.05) is 47.4 Å². The lowest BCUT2D eigenvalue weighted by Crippen LogP contribution is -2.31. The molecule has 0 spiro atoms. The summed E-state index contributed by atoms with van der Waals surface area (Å²) in [5.41, 5.74) is 3.04. The van der Waals surface area contributed by atoms with Crippen LogP contribution in [0.1, 0.15) is 34.9 Å². The molecule has 0 aliphatic carbocycles. The van der Waals surface area contributed by atoms with Crippen LogP contribution < -0.4 is 14.2 Å². The Kier molecular flexibility index (Phi) is 5.61. The van der Waals surface area contributed by atoms with E-state index in [2.05, 4.69) is 10.2 Å². The highest BCUT2D eigenvalue weighted by Crippen LogP contribution is 2.39. The van der Waals surface area contributed by atoms with Crippen molar-refractivity contribution in [2.45, 2.75) is 18.9 Å². The van der Waals surface area contributed by atoms with Crippen LogP contribution in [0, 0.1) is 0 Å². The number of aromatic nitrogens is 2. The second-order valence-electron chi connectivity index (χ2n) is 7.16. The summed E-state index contributed by atoms with van der Waals surface area (Å²) in [7, 11) is 4.88. The smallest absolute Gasteiger partial charge is 0.272 e. The maximum absolute atomic E-state index is 13.3. The minimum absolute atomic E-state index is 0.0538. The van der Waals surface area contributed by atoms with Crippen LogP contribution >= 0.6 is 0 Å². The number of H-pyrrole nitrogens is 1. The fraction of sp³-hybridized carbons (Fsp3) is 0.304. The molecule has 2 aromatic carbocycles. The Morgan fingerprint density at radius 1 is 1.03 bits per heavy atom. The van der Waals surface area contributed by atoms with E-state index in [4.69, 9.17) is 14.2 Å². The van der Waals surface area contributed by atoms with Crippen LogP contribution in [0.2, 0.25) is 0 Å². The van der Waals surface area contributed by atoms with Crippen LogP contribution in [0.4, 0.5) is 0 Å². The van der Waals surface area contributed by atoms with Gasteiger partial charge in [0.2, 0.25) is 0 Å². The van der Waals surface area contributed by atoms with Gasteiger partial charge in [-0.2, -0.15) is 5.10 Å². The summed E-state index contributed by atoms with van der Waals surface area (Å²) >= 11 is 0. The third-order valence-electron chi connectivity index (χ3n) is 5.49. The molecule has 7 heteroatoms. The zero-order valence-corrected chi connectivity index (χ0v) is 17.3. The summed E-state index contributed by atoms with van der Waals surface area (Å²) < 4.78 is 16.1. The molecule has 2 heterocycles. The first-order chi connectivity index (χ1) is 14.6. The Bertz CT molecular complexity index is 1050. The predicted octanol–water partition coefficient (Wildman–Crippen LogP) is 4.08. The SMILES string of the molecule is COc1cccc(-c2cc(C(=O)N3CCCC3c3ccc(OC)cc3OC)[nH]n2)c1. The van der Waals surface area contributed by atoms with Gasteiger partial charge >= 0.3 is 0 Å². The maximum Gasteiger partial charge on any atom is 0.272 e. The molecular weight excluding hydrogens is 382 g/mol. The van der Waals surface area contributed by atoms with Gasteiger partial charge in [0.05, 0.1) is 33.1 Å². The number of amides is 1. The van der Waals surface area contributed by atoms with Gasteiger partial charge in [0.15, 0.2) is 0 Å². The molecule has 1 aliphatic rings. The third-order valence-corrected chi connectivity index (χ3v) is 5.49. The van der Waals surface area contributed by atoms with Gasteiger partial charge in [-0.1, -0.05) is 12.1 Å². The van der Waals surface area contributed by atoms with Crippen molar-refractivity contribution in [2.24, 2.45) is 0 Å². The summed E-state index contributed by atoms with van der Waals surface area (Å²) in [6.45, 7) is 0.687. The van der Waals surface area contributed by atoms with Crippen molar-refractivity contribution in [3.05, 3.63) is 59.8 Å². The van der Waals surface area contributed by atoms with Gasteiger partial charge in [-0.3, -0.25) is 9.89 Å². The summed E-state index contributed by atoms with van der Waals surface area (Å²) in [5.74, 6) is 2.12. The van der Waals surface area contributed by atoms with E-state index in [1.54, 1.807) is 27.4 Å². The molecule has 1 saturated heterocycles. The van der Waals surface area contributed by atoms with Crippen molar-refractivity contribution in [1.82, 2.24) is 15.1 Å². The van der Waals surface area contributed by atoms with Crippen LogP contribution in [-0.2, 0) is 0 Å². The van der Waals surface area contributed by atoms with E-state index in [0.717, 1.165) is 41.2 Å². The summed E-state index contributed by atoms with van der Waals surface area (Å²) in [6, 6.07) is 15.1. The molecule has 1 aromatic heterocycles. The topological polar surface area (TPSA) is 76.7 Å². The van der Waals surface area contributed by atoms with Crippen molar-refractivity contribution in [2.75, 3.05) is 27.9 Å². The van der Waals surface area contributed by atoms with E-state index in [0.29, 0.717) is 17.9 Å². The number of likely N-dealkylation sites (tertiary alicyclic amines) is 1. The minimum Gasteiger partial charge on any atom is -0.497 e. The second-order valence-corrected chi connectivity index (χ2v) is 7.16. The number of ether oxygens (including phenoxy) is 3. The van der Waals surface area contributed by atoms with Gasteiger partial charge in [0, 0.05) is 23.7 Å². The van der Waals surface area contributed by atoms with Gasteiger partial charge in [-0.15, -0.1) is 0 Å². The highest BCUT2D eigenvalue weighted by molar-refractivity contribution is 5.94. The van der Waals surface area contributed by atoms with E-state index >= 15 is 0 Å². The molecule has 1 amide bonds. The Labute approximate surface area is 175 Å². The fourth-order valence-corrected chi connectivity index (χ4v) is 3.94. The number of benzene rings is 2. The number of nitrogens with zero attached hydrogens (tertiary/aromatic N) is 2. The van der Waals surface area contributed by atoms with Crippen molar-refractivity contribution in [3.63, 3.8) is 0 Å². The van der Waals surface area contributed by atoms with Crippen molar-refractivity contribution >= 4 is 5.91 Å². The van der Waals surface area contributed by atoms with Crippen molar-refractivity contribution < 1.29 is 19.0 Å². The first kappa shape index (κ1) is 19.8.